The van der Waals surface area contributed by atoms with E-state index < -0.39 is 17.7 Å². The summed E-state index contributed by atoms with van der Waals surface area (Å²) >= 11 is 0. The molecule has 3 N–H and O–H groups in total. The summed E-state index contributed by atoms with van der Waals surface area (Å²) in [6.07, 6.45) is 4.15. The van der Waals surface area contributed by atoms with Gasteiger partial charge in [-0.05, 0) is 57.1 Å². The van der Waals surface area contributed by atoms with Crippen molar-refractivity contribution in [3.8, 4) is 11.5 Å². The first-order valence-electron chi connectivity index (χ1n) is 9.85. The number of rotatable bonds is 6. The molecule has 2 aliphatic rings. The topological polar surface area (TPSA) is 87.0 Å². The molecule has 5 heteroatoms. The average Bonchev–Trinajstić information content (AvgIpc) is 2.96. The number of aromatic hydroxyl groups is 1. The summed E-state index contributed by atoms with van der Waals surface area (Å²) in [5.74, 6) is -1.00. The predicted octanol–water partition coefficient (Wildman–Crippen LogP) is 4.40. The number of allylic oxidation sites excluding steroid dienone is 1. The highest BCUT2D eigenvalue weighted by Crippen LogP contribution is 2.57. The van der Waals surface area contributed by atoms with E-state index >= 15 is 0 Å². The van der Waals surface area contributed by atoms with Crippen molar-refractivity contribution in [3.05, 3.63) is 34.9 Å². The summed E-state index contributed by atoms with van der Waals surface area (Å²) in [5, 5.41) is 31.6. The molecule has 148 valence electrons. The van der Waals surface area contributed by atoms with Gasteiger partial charge in [0.25, 0.3) is 0 Å². The number of carboxylic acid groups (broad SMARTS) is 1. The molecule has 0 radical (unpaired) electrons. The van der Waals surface area contributed by atoms with Gasteiger partial charge in [0, 0.05) is 11.5 Å². The summed E-state index contributed by atoms with van der Waals surface area (Å²) < 4.78 is 6.09. The van der Waals surface area contributed by atoms with Gasteiger partial charge < -0.3 is 20.1 Å². The number of carboxylic acids is 1. The predicted molar refractivity (Wildman–Crippen MR) is 104 cm³/mol. The van der Waals surface area contributed by atoms with Crippen LogP contribution in [0.25, 0.3) is 0 Å². The van der Waals surface area contributed by atoms with Crippen LogP contribution in [-0.2, 0) is 6.42 Å². The minimum Gasteiger partial charge on any atom is -0.508 e. The summed E-state index contributed by atoms with van der Waals surface area (Å²) in [6, 6.07) is 1.59. The zero-order valence-electron chi connectivity index (χ0n) is 16.4. The Labute approximate surface area is 160 Å². The number of fused-ring (bicyclic) bond motifs is 3. The van der Waals surface area contributed by atoms with Crippen LogP contribution in [-0.4, -0.2) is 33.0 Å². The average molecular weight is 374 g/mol. The van der Waals surface area contributed by atoms with Crippen molar-refractivity contribution in [2.75, 3.05) is 0 Å². The van der Waals surface area contributed by atoms with Crippen LogP contribution in [0.3, 0.4) is 0 Å². The number of aromatic carboxylic acids is 1. The van der Waals surface area contributed by atoms with Crippen LogP contribution in [0.15, 0.2) is 18.2 Å². The van der Waals surface area contributed by atoms with Crippen LogP contribution in [0, 0.1) is 5.92 Å². The Morgan fingerprint density at radius 3 is 2.70 bits per heavy atom. The Bertz CT molecular complexity index is 764. The summed E-state index contributed by atoms with van der Waals surface area (Å²) in [4.78, 5) is 12.1. The van der Waals surface area contributed by atoms with E-state index in [0.717, 1.165) is 31.3 Å². The van der Waals surface area contributed by atoms with Gasteiger partial charge in [0.05, 0.1) is 5.60 Å². The van der Waals surface area contributed by atoms with E-state index in [1.54, 1.807) is 13.0 Å². The van der Waals surface area contributed by atoms with Gasteiger partial charge in [-0.15, -0.1) is 0 Å². The lowest BCUT2D eigenvalue weighted by Crippen LogP contribution is -2.50. The molecular weight excluding hydrogens is 344 g/mol. The minimum atomic E-state index is -1.08. The van der Waals surface area contributed by atoms with Crippen LogP contribution in [0.5, 0.6) is 11.5 Å². The van der Waals surface area contributed by atoms with Crippen LogP contribution in [0.4, 0.5) is 0 Å². The Kier molecular flexibility index (Phi) is 5.26. The largest absolute Gasteiger partial charge is 0.508 e. The van der Waals surface area contributed by atoms with Crippen LogP contribution < -0.4 is 4.74 Å². The van der Waals surface area contributed by atoms with Crippen molar-refractivity contribution in [2.45, 2.75) is 76.9 Å². The second kappa shape index (κ2) is 7.19. The van der Waals surface area contributed by atoms with Gasteiger partial charge in [0.1, 0.15) is 23.2 Å². The third-order valence-electron chi connectivity index (χ3n) is 6.19. The van der Waals surface area contributed by atoms with Gasteiger partial charge in [0.15, 0.2) is 0 Å². The van der Waals surface area contributed by atoms with Gasteiger partial charge in [-0.25, -0.2) is 4.79 Å². The van der Waals surface area contributed by atoms with Crippen molar-refractivity contribution < 1.29 is 24.9 Å². The third-order valence-corrected chi connectivity index (χ3v) is 6.19. The van der Waals surface area contributed by atoms with Crippen LogP contribution in [0.1, 0.15) is 80.3 Å². The number of aryl methyl sites for hydroxylation is 1. The molecule has 0 bridgehead atoms. The lowest BCUT2D eigenvalue weighted by molar-refractivity contribution is -0.0826. The van der Waals surface area contributed by atoms with E-state index in [2.05, 4.69) is 13.5 Å². The van der Waals surface area contributed by atoms with Gasteiger partial charge in [-0.2, -0.15) is 0 Å². The summed E-state index contributed by atoms with van der Waals surface area (Å²) in [5.41, 5.74) is 1.12. The Balaban J connectivity index is 2.14. The molecule has 1 aliphatic carbocycles. The molecule has 1 saturated carbocycles. The van der Waals surface area contributed by atoms with E-state index in [0.29, 0.717) is 24.0 Å². The van der Waals surface area contributed by atoms with Crippen molar-refractivity contribution in [1.82, 2.24) is 0 Å². The second-order valence-electron chi connectivity index (χ2n) is 8.35. The maximum Gasteiger partial charge on any atom is 0.339 e. The zero-order valence-corrected chi connectivity index (χ0v) is 16.4. The quantitative estimate of drug-likeness (QED) is 0.507. The number of ether oxygens (including phenoxy) is 1. The SMILES string of the molecule is C=C(C)[C@@H]1CC[C@](C)(O)C2Oc3c(C(=O)O)c(CCCCC)cc(O)c3C21. The third kappa shape index (κ3) is 3.33. The maximum absolute atomic E-state index is 12.1. The molecule has 5 nitrogen and oxygen atoms in total. The van der Waals surface area contributed by atoms with Crippen LogP contribution >= 0.6 is 0 Å². The number of hydrogen-bond donors (Lipinski definition) is 3. The number of phenolic OH excluding ortho intramolecular Hbond substituents is 1. The highest BCUT2D eigenvalue weighted by Gasteiger charge is 2.54. The fourth-order valence-electron chi connectivity index (χ4n) is 4.75. The lowest BCUT2D eigenvalue weighted by Gasteiger charge is -2.42. The highest BCUT2D eigenvalue weighted by molar-refractivity contribution is 5.94. The van der Waals surface area contributed by atoms with Gasteiger partial charge in [0.2, 0.25) is 0 Å². The van der Waals surface area contributed by atoms with Crippen molar-refractivity contribution in [1.29, 1.82) is 0 Å². The molecule has 27 heavy (non-hydrogen) atoms. The van der Waals surface area contributed by atoms with E-state index in [4.69, 9.17) is 4.74 Å². The monoisotopic (exact) mass is 374 g/mol. The molecule has 0 aromatic heterocycles. The Morgan fingerprint density at radius 2 is 2.11 bits per heavy atom. The summed E-state index contributed by atoms with van der Waals surface area (Å²) in [7, 11) is 0. The molecule has 2 unspecified atom stereocenters. The standard InChI is InChI=1S/C22H30O5/c1-5-6-7-8-13-11-15(23)18-17-14(12(2)3)9-10-22(4,26)20(17)27-19(18)16(13)21(24)25/h11,14,17,20,23,26H,2,5-10H2,1,3-4H3,(H,24,25)/t14-,17?,20?,22-/m0/s1. The van der Waals surface area contributed by atoms with E-state index in [-0.39, 0.29) is 28.9 Å². The summed E-state index contributed by atoms with van der Waals surface area (Å²) in [6.45, 7) is 9.83. The van der Waals surface area contributed by atoms with Crippen molar-refractivity contribution in [2.24, 2.45) is 5.92 Å². The van der Waals surface area contributed by atoms with Gasteiger partial charge >= 0.3 is 5.97 Å². The Hall–Kier alpha value is -2.01. The van der Waals surface area contributed by atoms with E-state index in [1.807, 2.05) is 6.92 Å². The number of benzene rings is 1. The van der Waals surface area contributed by atoms with E-state index in [9.17, 15) is 20.1 Å². The number of phenols is 1. The molecule has 0 saturated heterocycles. The smallest absolute Gasteiger partial charge is 0.339 e. The highest BCUT2D eigenvalue weighted by atomic mass is 16.5. The zero-order chi connectivity index (χ0) is 19.9. The molecule has 1 heterocycles. The van der Waals surface area contributed by atoms with Gasteiger partial charge in [-0.1, -0.05) is 31.9 Å². The fraction of sp³-hybridized carbons (Fsp3) is 0.591. The van der Waals surface area contributed by atoms with Crippen molar-refractivity contribution in [3.63, 3.8) is 0 Å². The molecule has 1 aliphatic heterocycles. The van der Waals surface area contributed by atoms with Crippen LogP contribution in [0.2, 0.25) is 0 Å². The van der Waals surface area contributed by atoms with Gasteiger partial charge in [-0.3, -0.25) is 0 Å². The molecule has 1 fully saturated rings. The first-order chi connectivity index (χ1) is 12.7. The molecular formula is C22H30O5. The molecule has 1 aromatic rings. The normalized spacial score (nSPS) is 29.0. The van der Waals surface area contributed by atoms with Crippen molar-refractivity contribution >= 4 is 5.97 Å². The molecule has 3 rings (SSSR count). The number of hydrogen-bond acceptors (Lipinski definition) is 4. The molecule has 4 atom stereocenters. The second-order valence-corrected chi connectivity index (χ2v) is 8.35. The number of unbranched alkanes of at least 4 members (excludes halogenated alkanes) is 2. The Morgan fingerprint density at radius 1 is 1.41 bits per heavy atom. The first-order valence-corrected chi connectivity index (χ1v) is 9.85. The first kappa shape index (κ1) is 19.7. The number of aliphatic hydroxyl groups is 1. The lowest BCUT2D eigenvalue weighted by atomic mass is 9.66. The number of carbonyl (C=O) groups is 1. The molecule has 1 aromatic carbocycles. The molecule has 0 spiro atoms. The molecule has 0 amide bonds. The maximum atomic E-state index is 12.1. The minimum absolute atomic E-state index is 0.0370. The van der Waals surface area contributed by atoms with E-state index in [1.165, 1.54) is 0 Å². The fourth-order valence-corrected chi connectivity index (χ4v) is 4.75.